The minimum atomic E-state index is 0.269. The first kappa shape index (κ1) is 12.0. The standard InChI is InChI=1S/C13H13BrN2O/c1-9(2)13-15-11(14)8-12(16-13)17-10-6-4-3-5-7-10/h3-9H,1-2H3. The summed E-state index contributed by atoms with van der Waals surface area (Å²) in [6.07, 6.45) is 0. The van der Waals surface area contributed by atoms with E-state index in [0.29, 0.717) is 5.88 Å². The van der Waals surface area contributed by atoms with Gasteiger partial charge in [0.15, 0.2) is 0 Å². The molecule has 0 aliphatic rings. The largest absolute Gasteiger partial charge is 0.439 e. The van der Waals surface area contributed by atoms with Crippen molar-refractivity contribution in [3.63, 3.8) is 0 Å². The molecule has 1 aromatic carbocycles. The van der Waals surface area contributed by atoms with Crippen molar-refractivity contribution in [2.45, 2.75) is 19.8 Å². The second kappa shape index (κ2) is 5.27. The maximum absolute atomic E-state index is 5.67. The predicted molar refractivity (Wildman–Crippen MR) is 70.3 cm³/mol. The first-order chi connectivity index (χ1) is 8.15. The van der Waals surface area contributed by atoms with Gasteiger partial charge in [-0.05, 0) is 28.1 Å². The molecule has 0 aliphatic carbocycles. The molecule has 0 atom stereocenters. The first-order valence-electron chi connectivity index (χ1n) is 5.42. The van der Waals surface area contributed by atoms with Crippen LogP contribution in [0.15, 0.2) is 41.0 Å². The van der Waals surface area contributed by atoms with Crippen LogP contribution in [0.25, 0.3) is 0 Å². The SMILES string of the molecule is CC(C)c1nc(Br)cc(Oc2ccccc2)n1. The Kier molecular flexibility index (Phi) is 3.74. The van der Waals surface area contributed by atoms with Crippen molar-refractivity contribution in [1.29, 1.82) is 0 Å². The molecule has 2 rings (SSSR count). The minimum absolute atomic E-state index is 0.269. The van der Waals surface area contributed by atoms with Gasteiger partial charge in [-0.1, -0.05) is 32.0 Å². The van der Waals surface area contributed by atoms with Gasteiger partial charge in [-0.15, -0.1) is 0 Å². The van der Waals surface area contributed by atoms with E-state index in [0.717, 1.165) is 16.2 Å². The number of hydrogen-bond donors (Lipinski definition) is 0. The van der Waals surface area contributed by atoms with Gasteiger partial charge in [-0.25, -0.2) is 4.98 Å². The molecular weight excluding hydrogens is 280 g/mol. The number of halogens is 1. The van der Waals surface area contributed by atoms with Crippen LogP contribution < -0.4 is 4.74 Å². The van der Waals surface area contributed by atoms with Gasteiger partial charge in [0, 0.05) is 12.0 Å². The van der Waals surface area contributed by atoms with E-state index >= 15 is 0 Å². The van der Waals surface area contributed by atoms with Crippen LogP contribution in [0.2, 0.25) is 0 Å². The van der Waals surface area contributed by atoms with E-state index in [1.165, 1.54) is 0 Å². The molecule has 0 radical (unpaired) electrons. The van der Waals surface area contributed by atoms with E-state index in [1.54, 1.807) is 6.07 Å². The second-order valence-electron chi connectivity index (χ2n) is 3.96. The molecule has 0 unspecified atom stereocenters. The first-order valence-corrected chi connectivity index (χ1v) is 6.22. The normalized spacial score (nSPS) is 10.6. The lowest BCUT2D eigenvalue weighted by molar-refractivity contribution is 0.456. The van der Waals surface area contributed by atoms with Gasteiger partial charge >= 0.3 is 0 Å². The number of rotatable bonds is 3. The fourth-order valence-electron chi connectivity index (χ4n) is 1.33. The Labute approximate surface area is 109 Å². The van der Waals surface area contributed by atoms with Crippen LogP contribution in [0.1, 0.15) is 25.6 Å². The van der Waals surface area contributed by atoms with Crippen molar-refractivity contribution in [2.24, 2.45) is 0 Å². The van der Waals surface area contributed by atoms with Crippen LogP contribution in [0.4, 0.5) is 0 Å². The Morgan fingerprint density at radius 2 is 1.82 bits per heavy atom. The summed E-state index contributed by atoms with van der Waals surface area (Å²) in [5, 5.41) is 0. The summed E-state index contributed by atoms with van der Waals surface area (Å²) < 4.78 is 6.41. The molecule has 0 saturated heterocycles. The van der Waals surface area contributed by atoms with Gasteiger partial charge in [0.2, 0.25) is 5.88 Å². The summed E-state index contributed by atoms with van der Waals surface area (Å²) in [7, 11) is 0. The molecule has 88 valence electrons. The van der Waals surface area contributed by atoms with Crippen molar-refractivity contribution in [2.75, 3.05) is 0 Å². The highest BCUT2D eigenvalue weighted by Gasteiger charge is 2.08. The summed E-state index contributed by atoms with van der Waals surface area (Å²) in [4.78, 5) is 8.67. The van der Waals surface area contributed by atoms with Crippen LogP contribution in [0, 0.1) is 0 Å². The highest BCUT2D eigenvalue weighted by Crippen LogP contribution is 2.23. The van der Waals surface area contributed by atoms with Crippen LogP contribution in [-0.4, -0.2) is 9.97 Å². The van der Waals surface area contributed by atoms with Crippen LogP contribution in [0.5, 0.6) is 11.6 Å². The molecule has 0 saturated carbocycles. The summed E-state index contributed by atoms with van der Waals surface area (Å²) in [6, 6.07) is 11.3. The third kappa shape index (κ3) is 3.27. The average Bonchev–Trinajstić information content (AvgIpc) is 2.29. The lowest BCUT2D eigenvalue weighted by Crippen LogP contribution is -1.99. The molecule has 0 spiro atoms. The van der Waals surface area contributed by atoms with E-state index in [4.69, 9.17) is 4.74 Å². The summed E-state index contributed by atoms with van der Waals surface area (Å²) in [5.41, 5.74) is 0. The van der Waals surface area contributed by atoms with Gasteiger partial charge in [-0.2, -0.15) is 4.98 Å². The van der Waals surface area contributed by atoms with E-state index in [9.17, 15) is 0 Å². The molecule has 2 aromatic rings. The maximum atomic E-state index is 5.67. The quantitative estimate of drug-likeness (QED) is 0.797. The number of hydrogen-bond acceptors (Lipinski definition) is 3. The highest BCUT2D eigenvalue weighted by atomic mass is 79.9. The molecule has 0 aliphatic heterocycles. The van der Waals surface area contributed by atoms with Crippen LogP contribution in [-0.2, 0) is 0 Å². The number of ether oxygens (including phenoxy) is 1. The molecule has 0 fully saturated rings. The summed E-state index contributed by atoms with van der Waals surface area (Å²) >= 11 is 3.36. The zero-order valence-corrected chi connectivity index (χ0v) is 11.3. The molecule has 1 heterocycles. The van der Waals surface area contributed by atoms with Gasteiger partial charge in [0.1, 0.15) is 16.2 Å². The topological polar surface area (TPSA) is 35.0 Å². The van der Waals surface area contributed by atoms with E-state index < -0.39 is 0 Å². The lowest BCUT2D eigenvalue weighted by atomic mass is 10.2. The molecule has 3 nitrogen and oxygen atoms in total. The zero-order chi connectivity index (χ0) is 12.3. The zero-order valence-electron chi connectivity index (χ0n) is 9.72. The third-order valence-electron chi connectivity index (χ3n) is 2.17. The highest BCUT2D eigenvalue weighted by molar-refractivity contribution is 9.10. The lowest BCUT2D eigenvalue weighted by Gasteiger charge is -2.08. The van der Waals surface area contributed by atoms with Gasteiger partial charge in [0.05, 0.1) is 0 Å². The molecular formula is C13H13BrN2O. The number of benzene rings is 1. The maximum Gasteiger partial charge on any atom is 0.223 e. The van der Waals surface area contributed by atoms with Crippen molar-refractivity contribution in [3.05, 3.63) is 46.8 Å². The Balaban J connectivity index is 2.27. The van der Waals surface area contributed by atoms with Crippen molar-refractivity contribution < 1.29 is 4.74 Å². The van der Waals surface area contributed by atoms with Crippen molar-refractivity contribution in [1.82, 2.24) is 9.97 Å². The fourth-order valence-corrected chi connectivity index (χ4v) is 1.71. The molecule has 1 aromatic heterocycles. The van der Waals surface area contributed by atoms with Gasteiger partial charge in [-0.3, -0.25) is 0 Å². The molecule has 4 heteroatoms. The molecule has 17 heavy (non-hydrogen) atoms. The van der Waals surface area contributed by atoms with Gasteiger partial charge < -0.3 is 4.74 Å². The minimum Gasteiger partial charge on any atom is -0.439 e. The Hall–Kier alpha value is -1.42. The van der Waals surface area contributed by atoms with Crippen molar-refractivity contribution >= 4 is 15.9 Å². The Morgan fingerprint density at radius 1 is 1.12 bits per heavy atom. The average molecular weight is 293 g/mol. The van der Waals surface area contributed by atoms with Crippen LogP contribution >= 0.6 is 15.9 Å². The van der Waals surface area contributed by atoms with Crippen LogP contribution in [0.3, 0.4) is 0 Å². The third-order valence-corrected chi connectivity index (χ3v) is 2.58. The monoisotopic (exact) mass is 292 g/mol. The Bertz CT molecular complexity index is 500. The number of para-hydroxylation sites is 1. The predicted octanol–water partition coefficient (Wildman–Crippen LogP) is 4.15. The summed E-state index contributed by atoms with van der Waals surface area (Å²) in [5.74, 6) is 2.37. The molecule has 0 N–H and O–H groups in total. The van der Waals surface area contributed by atoms with Crippen molar-refractivity contribution in [3.8, 4) is 11.6 Å². The Morgan fingerprint density at radius 3 is 2.47 bits per heavy atom. The molecule has 0 bridgehead atoms. The number of nitrogens with zero attached hydrogens (tertiary/aromatic N) is 2. The van der Waals surface area contributed by atoms with E-state index in [2.05, 4.69) is 25.9 Å². The van der Waals surface area contributed by atoms with E-state index in [-0.39, 0.29) is 5.92 Å². The smallest absolute Gasteiger partial charge is 0.223 e. The second-order valence-corrected chi connectivity index (χ2v) is 4.77. The van der Waals surface area contributed by atoms with Gasteiger partial charge in [0.25, 0.3) is 0 Å². The van der Waals surface area contributed by atoms with E-state index in [1.807, 2.05) is 44.2 Å². The fraction of sp³-hybridized carbons (Fsp3) is 0.231. The molecule has 0 amide bonds. The summed E-state index contributed by atoms with van der Waals surface area (Å²) in [6.45, 7) is 4.10. The number of aromatic nitrogens is 2.